The molecule has 0 heterocycles. The van der Waals surface area contributed by atoms with Crippen molar-refractivity contribution in [1.29, 1.82) is 0 Å². The summed E-state index contributed by atoms with van der Waals surface area (Å²) < 4.78 is 0. The fraction of sp³-hybridized carbons (Fsp3) is 0.533. The largest absolute Gasteiger partial charge is 0.375 e. The first kappa shape index (κ1) is 15.3. The van der Waals surface area contributed by atoms with Crippen molar-refractivity contribution in [2.24, 2.45) is 4.99 Å². The third kappa shape index (κ3) is 6.13. The number of benzene rings is 1. The van der Waals surface area contributed by atoms with Crippen LogP contribution in [0.15, 0.2) is 35.3 Å². The first-order chi connectivity index (χ1) is 9.27. The Bertz CT molecular complexity index is 362. The molecule has 1 aromatic carbocycles. The molecule has 0 radical (unpaired) electrons. The highest BCUT2D eigenvalue weighted by Gasteiger charge is 2.00. The van der Waals surface area contributed by atoms with Crippen molar-refractivity contribution in [3.05, 3.63) is 30.3 Å². The van der Waals surface area contributed by atoms with Crippen molar-refractivity contribution in [3.63, 3.8) is 0 Å². The Labute approximate surface area is 116 Å². The van der Waals surface area contributed by atoms with E-state index >= 15 is 0 Å². The smallest absolute Gasteiger partial charge is 0.190 e. The van der Waals surface area contributed by atoms with Gasteiger partial charge in [0.2, 0.25) is 0 Å². The molecule has 0 amide bonds. The molecule has 0 aliphatic carbocycles. The number of anilines is 1. The van der Waals surface area contributed by atoms with Crippen LogP contribution in [0.5, 0.6) is 0 Å². The van der Waals surface area contributed by atoms with Crippen LogP contribution >= 0.6 is 0 Å². The van der Waals surface area contributed by atoms with Crippen LogP contribution in [0.3, 0.4) is 0 Å². The number of hydrogen-bond donors (Lipinski definition) is 2. The standard InChI is InChI=1S/C15H26N4/c1-4-11-17-15(16-2)18-12-8-13-19(3)14-9-6-5-7-10-14/h5-7,9-10H,4,8,11-13H2,1-3H3,(H2,16,17,18). The molecule has 0 fully saturated rings. The lowest BCUT2D eigenvalue weighted by Gasteiger charge is -2.19. The minimum atomic E-state index is 0.893. The number of para-hydroxylation sites is 1. The highest BCUT2D eigenvalue weighted by molar-refractivity contribution is 5.79. The lowest BCUT2D eigenvalue weighted by atomic mass is 10.3. The molecular weight excluding hydrogens is 236 g/mol. The van der Waals surface area contributed by atoms with Gasteiger partial charge in [-0.3, -0.25) is 4.99 Å². The van der Waals surface area contributed by atoms with Gasteiger partial charge in [-0.25, -0.2) is 0 Å². The van der Waals surface area contributed by atoms with E-state index in [4.69, 9.17) is 0 Å². The Morgan fingerprint density at radius 1 is 1.16 bits per heavy atom. The molecule has 1 aromatic rings. The molecule has 0 unspecified atom stereocenters. The van der Waals surface area contributed by atoms with Crippen molar-refractivity contribution in [1.82, 2.24) is 10.6 Å². The lowest BCUT2D eigenvalue weighted by molar-refractivity contribution is 0.724. The van der Waals surface area contributed by atoms with Crippen LogP contribution in [0.25, 0.3) is 0 Å². The normalized spacial score (nSPS) is 11.2. The SMILES string of the molecule is CCCNC(=NC)NCCCN(C)c1ccccc1. The van der Waals surface area contributed by atoms with Crippen molar-refractivity contribution in [3.8, 4) is 0 Å². The van der Waals surface area contributed by atoms with E-state index in [-0.39, 0.29) is 0 Å². The van der Waals surface area contributed by atoms with E-state index in [2.05, 4.69) is 58.8 Å². The van der Waals surface area contributed by atoms with Crippen LogP contribution < -0.4 is 15.5 Å². The maximum absolute atomic E-state index is 4.18. The topological polar surface area (TPSA) is 39.7 Å². The maximum atomic E-state index is 4.18. The van der Waals surface area contributed by atoms with Gasteiger partial charge in [0.05, 0.1) is 0 Å². The van der Waals surface area contributed by atoms with Gasteiger partial charge in [0.1, 0.15) is 0 Å². The van der Waals surface area contributed by atoms with Gasteiger partial charge >= 0.3 is 0 Å². The van der Waals surface area contributed by atoms with Gasteiger partial charge in [-0.2, -0.15) is 0 Å². The van der Waals surface area contributed by atoms with Gasteiger partial charge in [-0.15, -0.1) is 0 Å². The summed E-state index contributed by atoms with van der Waals surface area (Å²) in [6, 6.07) is 10.5. The molecule has 0 saturated carbocycles. The number of hydrogen-bond acceptors (Lipinski definition) is 2. The Kier molecular flexibility index (Phi) is 7.47. The summed E-state index contributed by atoms with van der Waals surface area (Å²) >= 11 is 0. The predicted octanol–water partition coefficient (Wildman–Crippen LogP) is 2.09. The molecule has 0 saturated heterocycles. The van der Waals surface area contributed by atoms with E-state index in [0.717, 1.165) is 38.4 Å². The fourth-order valence-electron chi connectivity index (χ4n) is 1.80. The first-order valence-corrected chi connectivity index (χ1v) is 6.98. The van der Waals surface area contributed by atoms with E-state index in [1.54, 1.807) is 7.05 Å². The van der Waals surface area contributed by atoms with Crippen molar-refractivity contribution in [2.75, 3.05) is 38.6 Å². The predicted molar refractivity (Wildman–Crippen MR) is 84.0 cm³/mol. The molecule has 19 heavy (non-hydrogen) atoms. The monoisotopic (exact) mass is 262 g/mol. The Balaban J connectivity index is 2.20. The van der Waals surface area contributed by atoms with Crippen LogP contribution in [0.4, 0.5) is 5.69 Å². The molecule has 4 heteroatoms. The van der Waals surface area contributed by atoms with Crippen LogP contribution in [-0.4, -0.2) is 39.7 Å². The molecule has 106 valence electrons. The highest BCUT2D eigenvalue weighted by atomic mass is 15.2. The number of nitrogens with zero attached hydrogens (tertiary/aromatic N) is 2. The first-order valence-electron chi connectivity index (χ1n) is 6.98. The molecular formula is C15H26N4. The summed E-state index contributed by atoms with van der Waals surface area (Å²) in [7, 11) is 3.93. The van der Waals surface area contributed by atoms with Gasteiger partial charge in [0.15, 0.2) is 5.96 Å². The second kappa shape index (κ2) is 9.25. The summed E-state index contributed by atoms with van der Waals surface area (Å²) in [5.74, 6) is 0.893. The van der Waals surface area contributed by atoms with Crippen molar-refractivity contribution < 1.29 is 0 Å². The minimum Gasteiger partial charge on any atom is -0.375 e. The third-order valence-corrected chi connectivity index (χ3v) is 2.93. The Morgan fingerprint density at radius 2 is 1.84 bits per heavy atom. The second-order valence-electron chi connectivity index (χ2n) is 4.54. The summed E-state index contributed by atoms with van der Waals surface area (Å²) in [6.45, 7) is 5.07. The molecule has 0 aliphatic rings. The van der Waals surface area contributed by atoms with Crippen molar-refractivity contribution >= 4 is 11.6 Å². The maximum Gasteiger partial charge on any atom is 0.190 e. The molecule has 0 atom stereocenters. The minimum absolute atomic E-state index is 0.893. The van der Waals surface area contributed by atoms with Crippen LogP contribution in [-0.2, 0) is 0 Å². The zero-order valence-corrected chi connectivity index (χ0v) is 12.3. The average molecular weight is 262 g/mol. The zero-order valence-electron chi connectivity index (χ0n) is 12.3. The molecule has 1 rings (SSSR count). The summed E-state index contributed by atoms with van der Waals surface area (Å²) in [5.41, 5.74) is 1.26. The van der Waals surface area contributed by atoms with Gasteiger partial charge < -0.3 is 15.5 Å². The molecule has 0 aromatic heterocycles. The van der Waals surface area contributed by atoms with Crippen LogP contribution in [0, 0.1) is 0 Å². The van der Waals surface area contributed by atoms with Gasteiger partial charge in [-0.05, 0) is 25.0 Å². The van der Waals surface area contributed by atoms with E-state index < -0.39 is 0 Å². The third-order valence-electron chi connectivity index (χ3n) is 2.93. The van der Waals surface area contributed by atoms with Gasteiger partial charge in [0.25, 0.3) is 0 Å². The van der Waals surface area contributed by atoms with Gasteiger partial charge in [-0.1, -0.05) is 25.1 Å². The number of nitrogens with one attached hydrogen (secondary N) is 2. The Hall–Kier alpha value is -1.71. The summed E-state index contributed by atoms with van der Waals surface area (Å²) in [4.78, 5) is 6.45. The molecule has 0 aliphatic heterocycles. The van der Waals surface area contributed by atoms with E-state index in [9.17, 15) is 0 Å². The zero-order chi connectivity index (χ0) is 13.9. The van der Waals surface area contributed by atoms with Crippen LogP contribution in [0.2, 0.25) is 0 Å². The molecule has 2 N–H and O–H groups in total. The number of guanidine groups is 1. The summed E-state index contributed by atoms with van der Waals surface area (Å²) in [6.07, 6.45) is 2.19. The molecule has 4 nitrogen and oxygen atoms in total. The number of aliphatic imine (C=N–C) groups is 1. The van der Waals surface area contributed by atoms with Crippen molar-refractivity contribution in [2.45, 2.75) is 19.8 Å². The van der Waals surface area contributed by atoms with Crippen LogP contribution in [0.1, 0.15) is 19.8 Å². The summed E-state index contributed by atoms with van der Waals surface area (Å²) in [5, 5.41) is 6.59. The fourth-order valence-corrected chi connectivity index (χ4v) is 1.80. The van der Waals surface area contributed by atoms with Gasteiger partial charge in [0, 0.05) is 39.4 Å². The highest BCUT2D eigenvalue weighted by Crippen LogP contribution is 2.10. The molecule has 0 bridgehead atoms. The molecule has 0 spiro atoms. The quantitative estimate of drug-likeness (QED) is 0.449. The average Bonchev–Trinajstić information content (AvgIpc) is 2.47. The van der Waals surface area contributed by atoms with E-state index in [0.29, 0.717) is 0 Å². The Morgan fingerprint density at radius 3 is 2.47 bits per heavy atom. The second-order valence-corrected chi connectivity index (χ2v) is 4.54. The van der Waals surface area contributed by atoms with E-state index in [1.807, 2.05) is 6.07 Å². The number of rotatable bonds is 7. The van der Waals surface area contributed by atoms with E-state index in [1.165, 1.54) is 5.69 Å². The lowest BCUT2D eigenvalue weighted by Crippen LogP contribution is -2.38.